The predicted octanol–water partition coefficient (Wildman–Crippen LogP) is 15.8. The fourth-order valence-electron chi connectivity index (χ4n) is 12.1. The number of anilines is 6. The Hall–Kier alpha value is -7.36. The molecule has 13 rings (SSSR count). The molecule has 3 aliphatic rings. The highest BCUT2D eigenvalue weighted by Gasteiger charge is 2.62. The summed E-state index contributed by atoms with van der Waals surface area (Å²) in [6.07, 6.45) is 4.64. The summed E-state index contributed by atoms with van der Waals surface area (Å²) in [5.74, 6) is 1.02. The van der Waals surface area contributed by atoms with Crippen LogP contribution in [0.3, 0.4) is 0 Å². The smallest absolute Gasteiger partial charge is 0.137 e. The molecule has 0 radical (unpaired) electrons. The van der Waals surface area contributed by atoms with Crippen molar-refractivity contribution < 1.29 is 4.42 Å². The second-order valence-electron chi connectivity index (χ2n) is 17.6. The van der Waals surface area contributed by atoms with Crippen molar-refractivity contribution in [2.75, 3.05) is 9.80 Å². The standard InChI is InChI=1S/C59H44N2O/c1-3-17-47(18-4-1)60(49-31-27-40(28-32-49)42-26-25-39-13-7-8-14-41(39)35-42)53-22-11-15-43-36-45-29-30-46-37-44-16-12-23-54(58(44)59(45,46)57(43)53)61(48-19-5-2-6-20-48)50-33-34-52-51-21-9-10-24-55(51)62-56(52)38-50/h1-28,31-35,38,45-46H,29-30,36-37H2. The topological polar surface area (TPSA) is 19.6 Å². The number of nitrogens with zero attached hydrogens (tertiary/aromatic N) is 2. The number of benzene rings is 9. The van der Waals surface area contributed by atoms with E-state index >= 15 is 0 Å². The number of furan rings is 1. The van der Waals surface area contributed by atoms with E-state index < -0.39 is 0 Å². The lowest BCUT2D eigenvalue weighted by atomic mass is 9.68. The Morgan fingerprint density at radius 3 is 1.60 bits per heavy atom. The highest BCUT2D eigenvalue weighted by atomic mass is 16.3. The highest BCUT2D eigenvalue weighted by Crippen LogP contribution is 2.68. The molecule has 0 aliphatic heterocycles. The van der Waals surface area contributed by atoms with E-state index in [0.29, 0.717) is 11.8 Å². The van der Waals surface area contributed by atoms with Gasteiger partial charge in [0.1, 0.15) is 11.2 Å². The number of para-hydroxylation sites is 3. The van der Waals surface area contributed by atoms with Gasteiger partial charge in [0, 0.05) is 45.0 Å². The molecular formula is C59H44N2O. The van der Waals surface area contributed by atoms with Crippen LogP contribution in [0.25, 0.3) is 43.8 Å². The molecule has 1 saturated carbocycles. The maximum Gasteiger partial charge on any atom is 0.137 e. The molecule has 0 bridgehead atoms. The Bertz CT molecular complexity index is 3320. The molecule has 3 nitrogen and oxygen atoms in total. The maximum atomic E-state index is 6.53. The maximum absolute atomic E-state index is 6.53. The summed E-state index contributed by atoms with van der Waals surface area (Å²) in [5.41, 5.74) is 17.3. The van der Waals surface area contributed by atoms with E-state index in [-0.39, 0.29) is 5.41 Å². The van der Waals surface area contributed by atoms with Gasteiger partial charge in [0.2, 0.25) is 0 Å². The summed E-state index contributed by atoms with van der Waals surface area (Å²) in [6.45, 7) is 0. The van der Waals surface area contributed by atoms with Crippen molar-refractivity contribution in [1.29, 1.82) is 0 Å². The summed E-state index contributed by atoms with van der Waals surface area (Å²) in [5, 5.41) is 4.82. The lowest BCUT2D eigenvalue weighted by Gasteiger charge is -2.40. The van der Waals surface area contributed by atoms with Crippen LogP contribution in [0, 0.1) is 11.8 Å². The fourth-order valence-corrected chi connectivity index (χ4v) is 12.1. The van der Waals surface area contributed by atoms with Crippen LogP contribution in [0.15, 0.2) is 211 Å². The molecule has 10 aromatic rings. The van der Waals surface area contributed by atoms with Gasteiger partial charge in [-0.25, -0.2) is 0 Å². The fraction of sp³-hybridized carbons (Fsp3) is 0.119. The molecule has 1 heterocycles. The van der Waals surface area contributed by atoms with Crippen LogP contribution in [0.5, 0.6) is 0 Å². The zero-order valence-electron chi connectivity index (χ0n) is 34.4. The molecule has 1 fully saturated rings. The van der Waals surface area contributed by atoms with Gasteiger partial charge in [0.15, 0.2) is 0 Å². The first kappa shape index (κ1) is 35.4. The molecule has 3 aliphatic carbocycles. The lowest BCUT2D eigenvalue weighted by molar-refractivity contribution is 0.350. The van der Waals surface area contributed by atoms with Crippen LogP contribution in [-0.2, 0) is 18.3 Å². The van der Waals surface area contributed by atoms with E-state index in [9.17, 15) is 0 Å². The second kappa shape index (κ2) is 13.8. The average molecular weight is 797 g/mol. The summed E-state index contributed by atoms with van der Waals surface area (Å²) in [7, 11) is 0. The number of hydrogen-bond acceptors (Lipinski definition) is 3. The van der Waals surface area contributed by atoms with Crippen molar-refractivity contribution in [2.24, 2.45) is 11.8 Å². The van der Waals surface area contributed by atoms with Crippen molar-refractivity contribution in [3.8, 4) is 11.1 Å². The predicted molar refractivity (Wildman–Crippen MR) is 257 cm³/mol. The molecule has 1 spiro atoms. The summed E-state index contributed by atoms with van der Waals surface area (Å²) in [4.78, 5) is 5.06. The van der Waals surface area contributed by atoms with Crippen LogP contribution in [-0.4, -0.2) is 0 Å². The SMILES string of the molecule is c1ccc(N(c2ccc(-c3ccc4ccccc4c3)cc2)c2cccc3c2C24c5c(cccc5N(c5ccccc5)c5ccc6c(c5)oc5ccccc56)CC2CCC4C3)cc1. The molecule has 0 amide bonds. The van der Waals surface area contributed by atoms with Gasteiger partial charge in [-0.2, -0.15) is 0 Å². The largest absolute Gasteiger partial charge is 0.456 e. The van der Waals surface area contributed by atoms with Gasteiger partial charge < -0.3 is 14.2 Å². The molecule has 1 aromatic heterocycles. The third-order valence-electron chi connectivity index (χ3n) is 14.5. The highest BCUT2D eigenvalue weighted by molar-refractivity contribution is 6.06. The third kappa shape index (κ3) is 5.24. The van der Waals surface area contributed by atoms with E-state index in [1.807, 2.05) is 0 Å². The van der Waals surface area contributed by atoms with E-state index in [0.717, 1.165) is 46.2 Å². The molecule has 3 atom stereocenters. The first-order valence-corrected chi connectivity index (χ1v) is 22.2. The first-order chi connectivity index (χ1) is 30.7. The van der Waals surface area contributed by atoms with Gasteiger partial charge >= 0.3 is 0 Å². The Morgan fingerprint density at radius 1 is 0.387 bits per heavy atom. The van der Waals surface area contributed by atoms with Crippen molar-refractivity contribution >= 4 is 66.8 Å². The van der Waals surface area contributed by atoms with E-state index in [1.54, 1.807) is 0 Å². The number of fused-ring (bicyclic) bond motifs is 6. The minimum absolute atomic E-state index is 0.146. The van der Waals surface area contributed by atoms with Crippen molar-refractivity contribution in [1.82, 2.24) is 0 Å². The molecule has 3 unspecified atom stereocenters. The number of rotatable bonds is 7. The van der Waals surface area contributed by atoms with Gasteiger partial charge in [0.25, 0.3) is 0 Å². The molecule has 9 aromatic carbocycles. The van der Waals surface area contributed by atoms with Gasteiger partial charge in [0.05, 0.1) is 11.4 Å². The van der Waals surface area contributed by atoms with Gasteiger partial charge in [-0.05, 0) is 154 Å². The van der Waals surface area contributed by atoms with Gasteiger partial charge in [-0.15, -0.1) is 0 Å². The lowest BCUT2D eigenvalue weighted by Crippen LogP contribution is -2.34. The average Bonchev–Trinajstić information content (AvgIpc) is 4.07. The van der Waals surface area contributed by atoms with E-state index in [2.05, 4.69) is 216 Å². The van der Waals surface area contributed by atoms with Crippen molar-refractivity contribution in [3.63, 3.8) is 0 Å². The summed E-state index contributed by atoms with van der Waals surface area (Å²) >= 11 is 0. The monoisotopic (exact) mass is 796 g/mol. The minimum atomic E-state index is -0.146. The van der Waals surface area contributed by atoms with Crippen LogP contribution >= 0.6 is 0 Å². The molecule has 296 valence electrons. The van der Waals surface area contributed by atoms with Crippen molar-refractivity contribution in [3.05, 3.63) is 229 Å². The summed E-state index contributed by atoms with van der Waals surface area (Å²) < 4.78 is 6.53. The van der Waals surface area contributed by atoms with Crippen LogP contribution in [0.4, 0.5) is 34.1 Å². The quantitative estimate of drug-likeness (QED) is 0.160. The molecule has 0 saturated heterocycles. The zero-order valence-corrected chi connectivity index (χ0v) is 34.4. The first-order valence-electron chi connectivity index (χ1n) is 22.2. The van der Waals surface area contributed by atoms with Crippen LogP contribution in [0.2, 0.25) is 0 Å². The van der Waals surface area contributed by atoms with Gasteiger partial charge in [-0.1, -0.05) is 127 Å². The molecule has 62 heavy (non-hydrogen) atoms. The van der Waals surface area contributed by atoms with Crippen molar-refractivity contribution in [2.45, 2.75) is 31.1 Å². The van der Waals surface area contributed by atoms with Crippen LogP contribution < -0.4 is 9.80 Å². The van der Waals surface area contributed by atoms with Gasteiger partial charge in [-0.3, -0.25) is 0 Å². The third-order valence-corrected chi connectivity index (χ3v) is 14.5. The van der Waals surface area contributed by atoms with Crippen LogP contribution in [0.1, 0.15) is 35.1 Å². The number of hydrogen-bond donors (Lipinski definition) is 0. The normalized spacial score (nSPS) is 18.5. The molecular weight excluding hydrogens is 753 g/mol. The summed E-state index contributed by atoms with van der Waals surface area (Å²) in [6, 6.07) is 76.1. The minimum Gasteiger partial charge on any atom is -0.456 e. The Kier molecular flexibility index (Phi) is 7.90. The zero-order chi connectivity index (χ0) is 40.8. The Morgan fingerprint density at radius 2 is 0.919 bits per heavy atom. The van der Waals surface area contributed by atoms with E-state index in [4.69, 9.17) is 4.42 Å². The Balaban J connectivity index is 1.00. The molecule has 3 heteroatoms. The second-order valence-corrected chi connectivity index (χ2v) is 17.6. The molecule has 0 N–H and O–H groups in total. The Labute approximate surface area is 362 Å². The van der Waals surface area contributed by atoms with E-state index in [1.165, 1.54) is 79.7 Å².